The van der Waals surface area contributed by atoms with Gasteiger partial charge < -0.3 is 24.9 Å². The zero-order chi connectivity index (χ0) is 24.6. The summed E-state index contributed by atoms with van der Waals surface area (Å²) in [5.41, 5.74) is 8.22. The van der Waals surface area contributed by atoms with Gasteiger partial charge in [-0.05, 0) is 56.2 Å². The van der Waals surface area contributed by atoms with E-state index in [-0.39, 0.29) is 12.2 Å². The molecule has 2 atom stereocenters. The number of aromatic amines is 2. The molecule has 0 aliphatic carbocycles. The second-order valence-electron chi connectivity index (χ2n) is 9.59. The number of anilines is 3. The molecule has 182 valence electrons. The number of morpholine rings is 1. The number of hydrogen-bond donors (Lipinski definition) is 3. The van der Waals surface area contributed by atoms with Crippen molar-refractivity contribution in [2.24, 2.45) is 0 Å². The fourth-order valence-electron chi connectivity index (χ4n) is 4.95. The number of aryl methyl sites for hydroxylation is 1. The lowest BCUT2D eigenvalue weighted by Crippen LogP contribution is -2.45. The predicted octanol–water partition coefficient (Wildman–Crippen LogP) is 6.29. The average molecular weight is 479 g/mol. The first-order chi connectivity index (χ1) is 17.5. The molecule has 0 radical (unpaired) electrons. The fraction of sp³-hybridized carbons (Fsp3) is 0.241. The van der Waals surface area contributed by atoms with Crippen LogP contribution in [0.2, 0.25) is 0 Å². The highest BCUT2D eigenvalue weighted by atomic mass is 16.5. The maximum Gasteiger partial charge on any atom is 0.204 e. The summed E-state index contributed by atoms with van der Waals surface area (Å²) < 4.78 is 5.90. The predicted molar refractivity (Wildman–Crippen MR) is 146 cm³/mol. The monoisotopic (exact) mass is 478 g/mol. The van der Waals surface area contributed by atoms with E-state index in [1.165, 1.54) is 0 Å². The summed E-state index contributed by atoms with van der Waals surface area (Å²) in [5, 5.41) is 3.59. The first kappa shape index (κ1) is 22.4. The van der Waals surface area contributed by atoms with Crippen LogP contribution in [0.25, 0.3) is 33.7 Å². The molecule has 1 aliphatic heterocycles. The van der Waals surface area contributed by atoms with Crippen molar-refractivity contribution >= 4 is 28.4 Å². The highest BCUT2D eigenvalue weighted by Crippen LogP contribution is 2.31. The Kier molecular flexibility index (Phi) is 5.70. The third kappa shape index (κ3) is 4.33. The molecule has 5 aromatic rings. The number of H-pyrrole nitrogens is 2. The molecule has 0 spiro atoms. The Morgan fingerprint density at radius 3 is 2.56 bits per heavy atom. The second kappa shape index (κ2) is 9.17. The number of ether oxygens (including phenoxy) is 1. The first-order valence-corrected chi connectivity index (χ1v) is 12.4. The van der Waals surface area contributed by atoms with Crippen LogP contribution in [0.5, 0.6) is 0 Å². The molecule has 7 heteroatoms. The van der Waals surface area contributed by atoms with Crippen LogP contribution in [0.4, 0.5) is 17.3 Å². The average Bonchev–Trinajstić information content (AvgIpc) is 3.54. The minimum Gasteiger partial charge on any atom is -0.372 e. The number of hydrogen-bond acceptors (Lipinski definition) is 5. The molecular formula is C29H30N6O. The lowest BCUT2D eigenvalue weighted by Gasteiger charge is -2.35. The van der Waals surface area contributed by atoms with Crippen LogP contribution < -0.4 is 10.2 Å². The molecule has 3 aromatic carbocycles. The number of para-hydroxylation sites is 1. The van der Waals surface area contributed by atoms with E-state index in [0.29, 0.717) is 0 Å². The van der Waals surface area contributed by atoms with E-state index in [1.807, 2.05) is 30.5 Å². The van der Waals surface area contributed by atoms with E-state index in [2.05, 4.69) is 88.4 Å². The Labute approximate surface area is 210 Å². The lowest BCUT2D eigenvalue weighted by molar-refractivity contribution is -0.00565. The van der Waals surface area contributed by atoms with E-state index >= 15 is 0 Å². The molecule has 0 bridgehead atoms. The lowest BCUT2D eigenvalue weighted by atomic mass is 10.1. The molecule has 1 aliphatic rings. The van der Waals surface area contributed by atoms with Crippen molar-refractivity contribution in [2.45, 2.75) is 33.0 Å². The van der Waals surface area contributed by atoms with Crippen LogP contribution in [0, 0.1) is 6.92 Å². The molecule has 0 saturated carbocycles. The maximum atomic E-state index is 5.90. The first-order valence-electron chi connectivity index (χ1n) is 12.4. The number of aromatic nitrogens is 4. The van der Waals surface area contributed by atoms with Gasteiger partial charge in [0.15, 0.2) is 0 Å². The zero-order valence-corrected chi connectivity index (χ0v) is 20.7. The highest BCUT2D eigenvalue weighted by molar-refractivity contribution is 5.92. The van der Waals surface area contributed by atoms with Gasteiger partial charge in [0, 0.05) is 24.3 Å². The van der Waals surface area contributed by atoms with Crippen LogP contribution in [0.3, 0.4) is 0 Å². The van der Waals surface area contributed by atoms with Gasteiger partial charge in [0.25, 0.3) is 0 Å². The molecule has 7 nitrogen and oxygen atoms in total. The standard InChI is InChI=1S/C29H30N6O/c1-18-12-13-22(14-23(18)28-30-15-26(32-28)21-8-5-4-6-9-21)31-24-10-7-11-25-27(24)34-29(33-25)35-16-19(2)36-20(3)17-35/h4-15,19-20,31H,16-17H2,1-3H3,(H,30,32)(H,33,34). The molecule has 1 fully saturated rings. The summed E-state index contributed by atoms with van der Waals surface area (Å²) >= 11 is 0. The molecule has 6 rings (SSSR count). The summed E-state index contributed by atoms with van der Waals surface area (Å²) in [6.07, 6.45) is 2.24. The molecular weight excluding hydrogens is 448 g/mol. The third-order valence-electron chi connectivity index (χ3n) is 6.65. The molecule has 1 saturated heterocycles. The van der Waals surface area contributed by atoms with Crippen molar-refractivity contribution < 1.29 is 4.74 Å². The van der Waals surface area contributed by atoms with Gasteiger partial charge in [0.05, 0.1) is 35.3 Å². The second-order valence-corrected chi connectivity index (χ2v) is 9.59. The van der Waals surface area contributed by atoms with Crippen molar-refractivity contribution in [3.63, 3.8) is 0 Å². The number of nitrogens with one attached hydrogen (secondary N) is 3. The Balaban J connectivity index is 1.29. The highest BCUT2D eigenvalue weighted by Gasteiger charge is 2.24. The van der Waals surface area contributed by atoms with Crippen LogP contribution in [0.15, 0.2) is 72.9 Å². The molecule has 36 heavy (non-hydrogen) atoms. The van der Waals surface area contributed by atoms with Gasteiger partial charge in [0.1, 0.15) is 11.3 Å². The van der Waals surface area contributed by atoms with E-state index in [9.17, 15) is 0 Å². The minimum atomic E-state index is 0.176. The molecule has 3 N–H and O–H groups in total. The normalized spacial score (nSPS) is 18.0. The molecule has 2 aromatic heterocycles. The van der Waals surface area contributed by atoms with E-state index in [0.717, 1.165) is 69.7 Å². The SMILES string of the molecule is Cc1ccc(Nc2cccc3[nH]c(N4CC(C)OC(C)C4)nc23)cc1-c1ncc(-c2ccccc2)[nH]1. The van der Waals surface area contributed by atoms with Gasteiger partial charge in [-0.15, -0.1) is 0 Å². The summed E-state index contributed by atoms with van der Waals surface area (Å²) in [4.78, 5) is 18.9. The molecule has 2 unspecified atom stereocenters. The van der Waals surface area contributed by atoms with Gasteiger partial charge in [0.2, 0.25) is 5.95 Å². The van der Waals surface area contributed by atoms with Crippen molar-refractivity contribution in [3.8, 4) is 22.6 Å². The van der Waals surface area contributed by atoms with Crippen LogP contribution in [0.1, 0.15) is 19.4 Å². The smallest absolute Gasteiger partial charge is 0.204 e. The summed E-state index contributed by atoms with van der Waals surface area (Å²) in [6, 6.07) is 22.8. The Morgan fingerprint density at radius 2 is 1.75 bits per heavy atom. The van der Waals surface area contributed by atoms with Crippen molar-refractivity contribution in [2.75, 3.05) is 23.3 Å². The third-order valence-corrected chi connectivity index (χ3v) is 6.65. The van der Waals surface area contributed by atoms with Gasteiger partial charge in [-0.25, -0.2) is 9.97 Å². The number of imidazole rings is 2. The topological polar surface area (TPSA) is 81.9 Å². The van der Waals surface area contributed by atoms with Gasteiger partial charge in [-0.1, -0.05) is 42.5 Å². The number of benzene rings is 3. The summed E-state index contributed by atoms with van der Waals surface area (Å²) in [5.74, 6) is 1.74. The van der Waals surface area contributed by atoms with Crippen LogP contribution in [-0.4, -0.2) is 45.2 Å². The largest absolute Gasteiger partial charge is 0.372 e. The van der Waals surface area contributed by atoms with Crippen LogP contribution in [-0.2, 0) is 4.74 Å². The van der Waals surface area contributed by atoms with Crippen molar-refractivity contribution in [1.82, 2.24) is 19.9 Å². The van der Waals surface area contributed by atoms with Crippen LogP contribution >= 0.6 is 0 Å². The molecule has 3 heterocycles. The Bertz CT molecular complexity index is 1500. The summed E-state index contributed by atoms with van der Waals surface area (Å²) in [6.45, 7) is 7.96. The zero-order valence-electron chi connectivity index (χ0n) is 20.7. The quantitative estimate of drug-likeness (QED) is 0.277. The van der Waals surface area contributed by atoms with E-state index in [4.69, 9.17) is 9.72 Å². The number of nitrogens with zero attached hydrogens (tertiary/aromatic N) is 3. The van der Waals surface area contributed by atoms with Gasteiger partial charge in [-0.2, -0.15) is 0 Å². The maximum absolute atomic E-state index is 5.90. The van der Waals surface area contributed by atoms with Gasteiger partial charge in [-0.3, -0.25) is 0 Å². The fourth-order valence-corrected chi connectivity index (χ4v) is 4.95. The van der Waals surface area contributed by atoms with Gasteiger partial charge >= 0.3 is 0 Å². The van der Waals surface area contributed by atoms with E-state index < -0.39 is 0 Å². The number of fused-ring (bicyclic) bond motifs is 1. The minimum absolute atomic E-state index is 0.176. The Hall–Kier alpha value is -4.10. The number of rotatable bonds is 5. The van der Waals surface area contributed by atoms with E-state index in [1.54, 1.807) is 0 Å². The summed E-state index contributed by atoms with van der Waals surface area (Å²) in [7, 11) is 0. The van der Waals surface area contributed by atoms with Crippen molar-refractivity contribution in [3.05, 3.63) is 78.5 Å². The van der Waals surface area contributed by atoms with Crippen molar-refractivity contribution in [1.29, 1.82) is 0 Å². The molecule has 0 amide bonds. The Morgan fingerprint density at radius 1 is 0.944 bits per heavy atom.